The lowest BCUT2D eigenvalue weighted by atomic mass is 9.93. The van der Waals surface area contributed by atoms with Crippen LogP contribution in [0.5, 0.6) is 5.75 Å². The lowest BCUT2D eigenvalue weighted by Gasteiger charge is -2.27. The van der Waals surface area contributed by atoms with Crippen molar-refractivity contribution in [2.45, 2.75) is 42.2 Å². The molecule has 8 nitrogen and oxygen atoms in total. The van der Waals surface area contributed by atoms with Crippen LogP contribution >= 0.6 is 46.0 Å². The molecule has 5 aromatic rings. The van der Waals surface area contributed by atoms with Gasteiger partial charge in [0.1, 0.15) is 17.6 Å². The Hall–Kier alpha value is -3.64. The maximum absolute atomic E-state index is 14.1. The number of nitrogens with zero attached hydrogens (tertiary/aromatic N) is 3. The van der Waals surface area contributed by atoms with E-state index < -0.39 is 12.0 Å². The van der Waals surface area contributed by atoms with Crippen LogP contribution in [0.4, 0.5) is 0 Å². The van der Waals surface area contributed by atoms with Gasteiger partial charge in [-0.25, -0.2) is 14.8 Å². The highest BCUT2D eigenvalue weighted by Gasteiger charge is 2.36. The van der Waals surface area contributed by atoms with Gasteiger partial charge in [0, 0.05) is 16.7 Å². The number of fused-ring (bicyclic) bond motifs is 2. The lowest BCUT2D eigenvalue weighted by Crippen LogP contribution is -2.40. The van der Waals surface area contributed by atoms with Gasteiger partial charge in [-0.3, -0.25) is 9.36 Å². The van der Waals surface area contributed by atoms with Gasteiger partial charge in [-0.2, -0.15) is 0 Å². The fourth-order valence-corrected chi connectivity index (χ4v) is 8.06. The van der Waals surface area contributed by atoms with Crippen LogP contribution in [0.3, 0.4) is 0 Å². The molecule has 12 heteroatoms. The molecule has 0 N–H and O–H groups in total. The molecule has 43 heavy (non-hydrogen) atoms. The largest absolute Gasteiger partial charge is 0.496 e. The minimum atomic E-state index is -0.839. The molecular formula is C31H26ClN3O5S3. The van der Waals surface area contributed by atoms with E-state index in [4.69, 9.17) is 30.5 Å². The Morgan fingerprint density at radius 2 is 2.00 bits per heavy atom. The van der Waals surface area contributed by atoms with Crippen LogP contribution in [0.2, 0.25) is 5.02 Å². The smallest absolute Gasteiger partial charge is 0.338 e. The van der Waals surface area contributed by atoms with Crippen LogP contribution in [0.25, 0.3) is 16.3 Å². The topological polar surface area (TPSA) is 95.9 Å². The summed E-state index contributed by atoms with van der Waals surface area (Å²) in [4.78, 5) is 37.4. The van der Waals surface area contributed by atoms with Crippen LogP contribution in [-0.2, 0) is 9.53 Å². The number of hydrogen-bond acceptors (Lipinski definition) is 10. The number of hydrogen-bond donors (Lipinski definition) is 0. The van der Waals surface area contributed by atoms with Gasteiger partial charge in [0.05, 0.1) is 39.7 Å². The van der Waals surface area contributed by atoms with E-state index in [2.05, 4.69) is 4.98 Å². The van der Waals surface area contributed by atoms with Gasteiger partial charge >= 0.3 is 5.97 Å². The summed E-state index contributed by atoms with van der Waals surface area (Å²) in [6.45, 7) is 3.94. The van der Waals surface area contributed by atoms with Crippen molar-refractivity contribution in [1.29, 1.82) is 0 Å². The predicted octanol–water partition coefficient (Wildman–Crippen LogP) is 6.59. The zero-order valence-electron chi connectivity index (χ0n) is 23.5. The first-order chi connectivity index (χ1) is 20.9. The van der Waals surface area contributed by atoms with Gasteiger partial charge < -0.3 is 13.9 Å². The molecule has 0 fully saturated rings. The van der Waals surface area contributed by atoms with Crippen molar-refractivity contribution in [1.82, 2.24) is 9.55 Å². The summed E-state index contributed by atoms with van der Waals surface area (Å²) in [5.74, 6) is 0.480. The number of esters is 1. The number of furan rings is 1. The molecule has 0 saturated carbocycles. The first-order valence-electron chi connectivity index (χ1n) is 13.6. The first kappa shape index (κ1) is 29.4. The fourth-order valence-electron chi connectivity index (χ4n) is 4.91. The average molecular weight is 652 g/mol. The van der Waals surface area contributed by atoms with Gasteiger partial charge in [0.25, 0.3) is 5.56 Å². The van der Waals surface area contributed by atoms with Crippen LogP contribution in [0.15, 0.2) is 89.5 Å². The molecule has 2 aromatic carbocycles. The van der Waals surface area contributed by atoms with Crippen molar-refractivity contribution in [2.75, 3.05) is 13.7 Å². The molecule has 6 rings (SSSR count). The number of rotatable bonds is 9. The van der Waals surface area contributed by atoms with E-state index in [1.54, 1.807) is 42.5 Å². The van der Waals surface area contributed by atoms with Crippen molar-refractivity contribution in [3.05, 3.63) is 102 Å². The van der Waals surface area contributed by atoms with Crippen LogP contribution in [0, 0.1) is 0 Å². The zero-order valence-corrected chi connectivity index (χ0v) is 26.7. The van der Waals surface area contributed by atoms with Crippen molar-refractivity contribution >= 4 is 68.3 Å². The van der Waals surface area contributed by atoms with Gasteiger partial charge in [-0.05, 0) is 67.6 Å². The van der Waals surface area contributed by atoms with Gasteiger partial charge in [0.15, 0.2) is 14.2 Å². The fraction of sp³-hybridized carbons (Fsp3) is 0.226. The Labute approximate surface area is 264 Å². The molecule has 3 aromatic heterocycles. The second-order valence-corrected chi connectivity index (χ2v) is 13.2. The molecule has 1 atom stereocenters. The Kier molecular flexibility index (Phi) is 8.58. The number of allylic oxidation sites excluding steroid dienone is 1. The van der Waals surface area contributed by atoms with E-state index in [0.29, 0.717) is 54.2 Å². The van der Waals surface area contributed by atoms with Gasteiger partial charge in [0.2, 0.25) is 0 Å². The highest BCUT2D eigenvalue weighted by atomic mass is 35.5. The van der Waals surface area contributed by atoms with Gasteiger partial charge in [-0.15, -0.1) is 11.3 Å². The molecule has 0 aliphatic carbocycles. The monoisotopic (exact) mass is 651 g/mol. The maximum atomic E-state index is 14.1. The Bertz CT molecular complexity index is 2020. The number of methoxy groups -OCH3 is 1. The maximum Gasteiger partial charge on any atom is 0.338 e. The minimum Gasteiger partial charge on any atom is -0.496 e. The lowest BCUT2D eigenvalue weighted by molar-refractivity contribution is -0.139. The molecule has 0 spiro atoms. The number of aromatic nitrogens is 2. The Morgan fingerprint density at radius 1 is 1.16 bits per heavy atom. The molecule has 0 amide bonds. The number of halogens is 1. The van der Waals surface area contributed by atoms with Gasteiger partial charge in [-0.1, -0.05) is 48.4 Å². The summed E-state index contributed by atoms with van der Waals surface area (Å²) in [6, 6.07) is 16.0. The number of carbonyl (C=O) groups is 1. The quantitative estimate of drug-likeness (QED) is 0.166. The Morgan fingerprint density at radius 3 is 2.77 bits per heavy atom. The highest BCUT2D eigenvalue weighted by molar-refractivity contribution is 8.01. The summed E-state index contributed by atoms with van der Waals surface area (Å²) in [5.41, 5.74) is 2.08. The highest BCUT2D eigenvalue weighted by Crippen LogP contribution is 2.38. The third-order valence-electron chi connectivity index (χ3n) is 6.72. The summed E-state index contributed by atoms with van der Waals surface area (Å²) >= 11 is 10.7. The molecule has 0 unspecified atom stereocenters. The SMILES string of the molecule is CCCC1=C(C(=O)OCC)[C@H](c2cc(Cl)ccc2OC)n2c(s/c(=C/c3ccc(Sc4nc5ccccc5s4)o3)c2=O)=N1. The number of carbonyl (C=O) groups excluding carboxylic acids is 1. The minimum absolute atomic E-state index is 0.182. The molecule has 0 saturated heterocycles. The second kappa shape index (κ2) is 12.5. The zero-order chi connectivity index (χ0) is 30.1. The number of ether oxygens (including phenoxy) is 2. The number of thiazole rings is 2. The first-order valence-corrected chi connectivity index (χ1v) is 16.4. The summed E-state index contributed by atoms with van der Waals surface area (Å²) in [7, 11) is 1.54. The summed E-state index contributed by atoms with van der Waals surface area (Å²) in [6.07, 6.45) is 2.98. The van der Waals surface area contributed by atoms with Crippen LogP contribution in [-0.4, -0.2) is 29.2 Å². The van der Waals surface area contributed by atoms with Crippen molar-refractivity contribution < 1.29 is 18.7 Å². The summed E-state index contributed by atoms with van der Waals surface area (Å²) < 4.78 is 21.1. The van der Waals surface area contributed by atoms with E-state index in [1.807, 2.05) is 43.3 Å². The third-order valence-corrected chi connectivity index (χ3v) is 9.95. The van der Waals surface area contributed by atoms with Crippen LogP contribution < -0.4 is 19.6 Å². The van der Waals surface area contributed by atoms with E-state index in [1.165, 1.54) is 34.8 Å². The molecule has 220 valence electrons. The van der Waals surface area contributed by atoms with Crippen molar-refractivity contribution in [3.8, 4) is 5.75 Å². The normalized spacial score (nSPS) is 15.1. The van der Waals surface area contributed by atoms with Crippen molar-refractivity contribution in [2.24, 2.45) is 4.99 Å². The molecule has 0 radical (unpaired) electrons. The average Bonchev–Trinajstić information content (AvgIpc) is 3.70. The van der Waals surface area contributed by atoms with Crippen molar-refractivity contribution in [3.63, 3.8) is 0 Å². The number of para-hydroxylation sites is 1. The standard InChI is InChI=1S/C31H26ClN3O5S3/c1-4-8-21-26(29(37)39-5-2)27(19-15-17(32)11-13-22(19)38-3)35-28(36)24(41-30(35)33-21)16-18-12-14-25(40-18)43-31-34-20-9-6-7-10-23(20)42-31/h6-7,9-16,27H,4-5,8H2,1-3H3/b24-16+/t27-/m0/s1. The Balaban J connectivity index is 1.45. The van der Waals surface area contributed by atoms with Crippen LogP contribution in [0.1, 0.15) is 44.1 Å². The van der Waals surface area contributed by atoms with E-state index in [9.17, 15) is 9.59 Å². The van der Waals surface area contributed by atoms with E-state index in [0.717, 1.165) is 21.0 Å². The van der Waals surface area contributed by atoms with E-state index >= 15 is 0 Å². The summed E-state index contributed by atoms with van der Waals surface area (Å²) in [5, 5.41) is 1.11. The number of benzene rings is 2. The molecular weight excluding hydrogens is 626 g/mol. The molecule has 1 aliphatic heterocycles. The second-order valence-electron chi connectivity index (χ2n) is 9.51. The third kappa shape index (κ3) is 5.82. The van der Waals surface area contributed by atoms with E-state index in [-0.39, 0.29) is 12.2 Å². The predicted molar refractivity (Wildman–Crippen MR) is 170 cm³/mol. The molecule has 0 bridgehead atoms. The molecule has 1 aliphatic rings. The molecule has 4 heterocycles.